The number of carbonyl (C=O) groups is 2. The van der Waals surface area contributed by atoms with Crippen LogP contribution in [0.2, 0.25) is 0 Å². The van der Waals surface area contributed by atoms with E-state index in [2.05, 4.69) is 21.2 Å². The van der Waals surface area contributed by atoms with Gasteiger partial charge >= 0.3 is 6.03 Å². The molecule has 1 heterocycles. The molecule has 0 fully saturated rings. The fourth-order valence-electron chi connectivity index (χ4n) is 1.61. The van der Waals surface area contributed by atoms with Crippen molar-refractivity contribution in [1.82, 2.24) is 10.7 Å². The van der Waals surface area contributed by atoms with Gasteiger partial charge in [0.2, 0.25) is 0 Å². The molecule has 0 aliphatic rings. The summed E-state index contributed by atoms with van der Waals surface area (Å²) in [4.78, 5) is 34.1. The van der Waals surface area contributed by atoms with Crippen LogP contribution in [0.4, 0.5) is 16.2 Å². The molecule has 124 valence electrons. The number of nitro groups is 1. The third kappa shape index (κ3) is 5.50. The number of nitrogens with one attached hydrogen (secondary N) is 3. The molecule has 0 atom stereocenters. The highest BCUT2D eigenvalue weighted by molar-refractivity contribution is 7.11. The summed E-state index contributed by atoms with van der Waals surface area (Å²) in [7, 11) is 0. The highest BCUT2D eigenvalue weighted by Gasteiger charge is 2.09. The normalized spacial score (nSPS) is 10.3. The molecule has 0 unspecified atom stereocenters. The van der Waals surface area contributed by atoms with Crippen LogP contribution in [0.3, 0.4) is 0 Å². The van der Waals surface area contributed by atoms with E-state index in [9.17, 15) is 19.7 Å². The Morgan fingerprint density at radius 3 is 2.83 bits per heavy atom. The van der Waals surface area contributed by atoms with Crippen LogP contribution in [0.15, 0.2) is 46.9 Å². The zero-order valence-corrected chi connectivity index (χ0v) is 13.1. The molecule has 2 aromatic rings. The molecule has 0 aliphatic heterocycles. The van der Waals surface area contributed by atoms with Crippen LogP contribution in [-0.2, 0) is 4.79 Å². The number of hydrogen-bond acceptors (Lipinski definition) is 6. The lowest BCUT2D eigenvalue weighted by Gasteiger charge is -2.06. The second-order valence-electron chi connectivity index (χ2n) is 4.42. The topological polar surface area (TPSA) is 126 Å². The van der Waals surface area contributed by atoms with E-state index in [0.29, 0.717) is 0 Å². The number of hydrogen-bond donors (Lipinski definition) is 3. The molecule has 0 bridgehead atoms. The molecular weight excluding hydrogens is 334 g/mol. The van der Waals surface area contributed by atoms with E-state index >= 15 is 0 Å². The number of anilines is 1. The van der Waals surface area contributed by atoms with Gasteiger partial charge in [0.15, 0.2) is 0 Å². The molecule has 1 aromatic heterocycles. The van der Waals surface area contributed by atoms with Crippen molar-refractivity contribution in [3.63, 3.8) is 0 Å². The number of thiophene rings is 1. The summed E-state index contributed by atoms with van der Waals surface area (Å²) in [6.07, 6.45) is 1.49. The maximum atomic E-state index is 11.6. The van der Waals surface area contributed by atoms with Gasteiger partial charge in [-0.3, -0.25) is 14.9 Å². The van der Waals surface area contributed by atoms with E-state index in [-0.39, 0.29) is 17.9 Å². The third-order valence-corrected chi connectivity index (χ3v) is 3.46. The van der Waals surface area contributed by atoms with Crippen molar-refractivity contribution in [1.29, 1.82) is 0 Å². The summed E-state index contributed by atoms with van der Waals surface area (Å²) in [6, 6.07) is 8.50. The van der Waals surface area contributed by atoms with Crippen LogP contribution in [0.5, 0.6) is 0 Å². The minimum Gasteiger partial charge on any atom is -0.329 e. The molecule has 2 rings (SSSR count). The van der Waals surface area contributed by atoms with Crippen molar-refractivity contribution >= 4 is 40.9 Å². The van der Waals surface area contributed by atoms with Crippen LogP contribution < -0.4 is 16.1 Å². The van der Waals surface area contributed by atoms with Crippen molar-refractivity contribution < 1.29 is 14.5 Å². The number of rotatable bonds is 6. The predicted octanol–water partition coefficient (Wildman–Crippen LogP) is 1.93. The van der Waals surface area contributed by atoms with Gasteiger partial charge in [-0.05, 0) is 17.5 Å². The molecule has 3 N–H and O–H groups in total. The predicted molar refractivity (Wildman–Crippen MR) is 90.2 cm³/mol. The first-order valence-electron chi connectivity index (χ1n) is 6.69. The molecule has 9 nitrogen and oxygen atoms in total. The Hall–Kier alpha value is -3.27. The van der Waals surface area contributed by atoms with E-state index < -0.39 is 16.9 Å². The van der Waals surface area contributed by atoms with Gasteiger partial charge in [0.05, 0.1) is 11.1 Å². The average molecular weight is 347 g/mol. The monoisotopic (exact) mass is 347 g/mol. The van der Waals surface area contributed by atoms with Crippen molar-refractivity contribution in [2.45, 2.75) is 0 Å². The zero-order chi connectivity index (χ0) is 17.4. The summed E-state index contributed by atoms with van der Waals surface area (Å²) < 4.78 is 0. The van der Waals surface area contributed by atoms with Crippen LogP contribution >= 0.6 is 11.3 Å². The number of amides is 3. The molecule has 0 aliphatic carbocycles. The van der Waals surface area contributed by atoms with Gasteiger partial charge in [-0.1, -0.05) is 12.1 Å². The first-order valence-corrected chi connectivity index (χ1v) is 7.57. The summed E-state index contributed by atoms with van der Waals surface area (Å²) >= 11 is 1.47. The van der Waals surface area contributed by atoms with Gasteiger partial charge in [-0.2, -0.15) is 5.10 Å². The first kappa shape index (κ1) is 17.1. The number of non-ortho nitro benzene ring substituents is 1. The summed E-state index contributed by atoms with van der Waals surface area (Å²) in [5.41, 5.74) is 2.37. The van der Waals surface area contributed by atoms with Crippen LogP contribution in [0, 0.1) is 10.1 Å². The zero-order valence-electron chi connectivity index (χ0n) is 12.3. The van der Waals surface area contributed by atoms with E-state index in [1.165, 1.54) is 41.8 Å². The lowest BCUT2D eigenvalue weighted by Crippen LogP contribution is -2.37. The summed E-state index contributed by atoms with van der Waals surface area (Å²) in [5, 5.41) is 21.0. The van der Waals surface area contributed by atoms with Gasteiger partial charge in [-0.15, -0.1) is 11.3 Å². The minimum atomic E-state index is -0.659. The van der Waals surface area contributed by atoms with Crippen molar-refractivity contribution in [2.75, 3.05) is 11.9 Å². The minimum absolute atomic E-state index is 0.145. The highest BCUT2D eigenvalue weighted by atomic mass is 32.1. The Balaban J connectivity index is 1.75. The van der Waals surface area contributed by atoms with E-state index in [4.69, 9.17) is 0 Å². The molecule has 24 heavy (non-hydrogen) atoms. The molecule has 0 saturated heterocycles. The van der Waals surface area contributed by atoms with Crippen molar-refractivity contribution in [3.05, 3.63) is 56.8 Å². The second-order valence-corrected chi connectivity index (χ2v) is 5.40. The number of hydrazone groups is 1. The summed E-state index contributed by atoms with van der Waals surface area (Å²) in [5.74, 6) is -0.503. The maximum Gasteiger partial charge on any atom is 0.319 e. The fourth-order valence-corrected chi connectivity index (χ4v) is 2.19. The Bertz CT molecular complexity index is 760. The number of carbonyl (C=O) groups excluding carboxylic acids is 2. The highest BCUT2D eigenvalue weighted by Crippen LogP contribution is 2.16. The van der Waals surface area contributed by atoms with Gasteiger partial charge in [0, 0.05) is 22.7 Å². The van der Waals surface area contributed by atoms with E-state index in [0.717, 1.165) is 4.88 Å². The Morgan fingerprint density at radius 2 is 2.12 bits per heavy atom. The number of benzene rings is 1. The van der Waals surface area contributed by atoms with Gasteiger partial charge in [0.1, 0.15) is 6.54 Å². The van der Waals surface area contributed by atoms with Gasteiger partial charge < -0.3 is 10.6 Å². The Morgan fingerprint density at radius 1 is 1.29 bits per heavy atom. The fraction of sp³-hybridized carbons (Fsp3) is 0.0714. The van der Waals surface area contributed by atoms with Crippen LogP contribution in [0.1, 0.15) is 4.88 Å². The van der Waals surface area contributed by atoms with Crippen molar-refractivity contribution in [2.24, 2.45) is 5.10 Å². The summed E-state index contributed by atoms with van der Waals surface area (Å²) in [6.45, 7) is -0.289. The molecule has 0 radical (unpaired) electrons. The number of urea groups is 1. The molecule has 0 spiro atoms. The maximum absolute atomic E-state index is 11.6. The molecule has 10 heteroatoms. The largest absolute Gasteiger partial charge is 0.329 e. The quantitative estimate of drug-likeness (QED) is 0.419. The van der Waals surface area contributed by atoms with Crippen LogP contribution in [-0.4, -0.2) is 29.6 Å². The molecule has 0 saturated carbocycles. The smallest absolute Gasteiger partial charge is 0.319 e. The Kier molecular flexibility index (Phi) is 5.97. The lowest BCUT2D eigenvalue weighted by molar-refractivity contribution is -0.384. The van der Waals surface area contributed by atoms with E-state index in [1.807, 2.05) is 17.5 Å². The standard InChI is InChI=1S/C14H13N5O4S/c20-13(18-16-8-12-5-2-6-24-12)9-15-14(21)17-10-3-1-4-11(7-10)19(22)23/h1-8H,9H2,(H,18,20)(H2,15,17,21)/b16-8+. The van der Waals surface area contributed by atoms with Gasteiger partial charge in [0.25, 0.3) is 11.6 Å². The molecule has 1 aromatic carbocycles. The number of nitro benzene ring substituents is 1. The van der Waals surface area contributed by atoms with Gasteiger partial charge in [-0.25, -0.2) is 10.2 Å². The molecular formula is C14H13N5O4S. The average Bonchev–Trinajstić information content (AvgIpc) is 3.06. The second kappa shape index (κ2) is 8.39. The molecule has 3 amide bonds. The number of nitrogens with zero attached hydrogens (tertiary/aromatic N) is 2. The first-order chi connectivity index (χ1) is 11.5. The SMILES string of the molecule is O=C(CNC(=O)Nc1cccc([N+](=O)[O-])c1)N/N=C/c1cccs1. The third-order valence-electron chi connectivity index (χ3n) is 2.65. The van der Waals surface area contributed by atoms with Crippen molar-refractivity contribution in [3.8, 4) is 0 Å². The lowest BCUT2D eigenvalue weighted by atomic mass is 10.3. The Labute approximate surface area is 140 Å². The van der Waals surface area contributed by atoms with Crippen LogP contribution in [0.25, 0.3) is 0 Å². The van der Waals surface area contributed by atoms with E-state index in [1.54, 1.807) is 0 Å².